The highest BCUT2D eigenvalue weighted by atomic mass is 28.4. The fourth-order valence-electron chi connectivity index (χ4n) is 4.01. The van der Waals surface area contributed by atoms with Crippen LogP contribution < -0.4 is 15.6 Å². The standard InChI is InChI=1S/C27H32OSi/c1-3-5-9-17-24(16-4-2)28-29(25-18-10-6-11-19-25,26-20-12-7-13-21-26)27-22-14-8-15-23-27/h4,6-8,10-15,18-24H,2-3,5,9,16-17H2,1H3. The van der Waals surface area contributed by atoms with Gasteiger partial charge in [-0.05, 0) is 28.4 Å². The van der Waals surface area contributed by atoms with Crippen molar-refractivity contribution in [3.63, 3.8) is 0 Å². The van der Waals surface area contributed by atoms with Crippen LogP contribution in [0, 0.1) is 0 Å². The van der Waals surface area contributed by atoms with Crippen molar-refractivity contribution >= 4 is 23.9 Å². The van der Waals surface area contributed by atoms with E-state index in [1.54, 1.807) is 0 Å². The second-order valence-electron chi connectivity index (χ2n) is 7.54. The molecule has 1 nitrogen and oxygen atoms in total. The van der Waals surface area contributed by atoms with Crippen molar-refractivity contribution in [2.24, 2.45) is 0 Å². The van der Waals surface area contributed by atoms with Crippen LogP contribution in [0.15, 0.2) is 104 Å². The van der Waals surface area contributed by atoms with Gasteiger partial charge in [0, 0.05) is 6.10 Å². The molecular formula is C27H32OSi. The lowest BCUT2D eigenvalue weighted by Crippen LogP contribution is -2.70. The molecule has 0 N–H and O–H groups in total. The summed E-state index contributed by atoms with van der Waals surface area (Å²) < 4.78 is 7.25. The minimum absolute atomic E-state index is 0.173. The average molecular weight is 401 g/mol. The van der Waals surface area contributed by atoms with Crippen LogP contribution in [0.5, 0.6) is 0 Å². The molecule has 3 rings (SSSR count). The Morgan fingerprint density at radius 3 is 1.59 bits per heavy atom. The molecule has 0 spiro atoms. The zero-order valence-electron chi connectivity index (χ0n) is 17.5. The molecule has 0 heterocycles. The third-order valence-corrected chi connectivity index (χ3v) is 9.57. The van der Waals surface area contributed by atoms with Crippen LogP contribution in [-0.2, 0) is 4.43 Å². The van der Waals surface area contributed by atoms with Crippen molar-refractivity contribution < 1.29 is 4.43 Å². The SMILES string of the molecule is C=CCC(CCCCC)O[Si](c1ccccc1)(c1ccccc1)c1ccccc1. The Hall–Kier alpha value is -2.42. The van der Waals surface area contributed by atoms with E-state index in [0.29, 0.717) is 0 Å². The van der Waals surface area contributed by atoms with Crippen molar-refractivity contribution in [1.82, 2.24) is 0 Å². The number of unbranched alkanes of at least 4 members (excludes halogenated alkanes) is 2. The van der Waals surface area contributed by atoms with Crippen LogP contribution in [-0.4, -0.2) is 14.4 Å². The van der Waals surface area contributed by atoms with E-state index in [-0.39, 0.29) is 6.10 Å². The second-order valence-corrected chi connectivity index (χ2v) is 10.9. The van der Waals surface area contributed by atoms with Gasteiger partial charge in [0.15, 0.2) is 0 Å². The highest BCUT2D eigenvalue weighted by molar-refractivity contribution is 7.07. The molecule has 0 aliphatic heterocycles. The Bertz CT molecular complexity index is 749. The summed E-state index contributed by atoms with van der Waals surface area (Å²) in [5.74, 6) is 0. The lowest BCUT2D eigenvalue weighted by Gasteiger charge is -2.36. The molecule has 0 aliphatic rings. The number of hydrogen-bond donors (Lipinski definition) is 0. The highest BCUT2D eigenvalue weighted by Gasteiger charge is 2.43. The molecular weight excluding hydrogens is 368 g/mol. The summed E-state index contributed by atoms with van der Waals surface area (Å²) in [7, 11) is -2.63. The first-order chi connectivity index (χ1) is 14.3. The lowest BCUT2D eigenvalue weighted by atomic mass is 10.1. The van der Waals surface area contributed by atoms with Crippen molar-refractivity contribution in [3.8, 4) is 0 Å². The lowest BCUT2D eigenvalue weighted by molar-refractivity contribution is 0.191. The van der Waals surface area contributed by atoms with E-state index < -0.39 is 8.32 Å². The highest BCUT2D eigenvalue weighted by Crippen LogP contribution is 2.18. The summed E-state index contributed by atoms with van der Waals surface area (Å²) in [6.45, 7) is 6.26. The summed E-state index contributed by atoms with van der Waals surface area (Å²) in [5, 5.41) is 3.88. The molecule has 0 fully saturated rings. The molecule has 29 heavy (non-hydrogen) atoms. The van der Waals surface area contributed by atoms with Crippen molar-refractivity contribution in [2.45, 2.75) is 45.1 Å². The van der Waals surface area contributed by atoms with Crippen molar-refractivity contribution in [3.05, 3.63) is 104 Å². The van der Waals surface area contributed by atoms with E-state index in [1.807, 2.05) is 6.08 Å². The van der Waals surface area contributed by atoms with E-state index in [0.717, 1.165) is 12.8 Å². The van der Waals surface area contributed by atoms with Gasteiger partial charge in [0.05, 0.1) is 0 Å². The molecule has 150 valence electrons. The molecule has 2 heteroatoms. The average Bonchev–Trinajstić information content (AvgIpc) is 2.79. The fourth-order valence-corrected chi connectivity index (χ4v) is 8.11. The third-order valence-electron chi connectivity index (χ3n) is 5.44. The Morgan fingerprint density at radius 2 is 1.21 bits per heavy atom. The van der Waals surface area contributed by atoms with E-state index in [9.17, 15) is 0 Å². The van der Waals surface area contributed by atoms with E-state index in [2.05, 4.69) is 104 Å². The normalized spacial score (nSPS) is 12.4. The van der Waals surface area contributed by atoms with Crippen LogP contribution in [0.2, 0.25) is 0 Å². The van der Waals surface area contributed by atoms with Crippen LogP contribution in [0.3, 0.4) is 0 Å². The van der Waals surface area contributed by atoms with E-state index >= 15 is 0 Å². The van der Waals surface area contributed by atoms with E-state index in [4.69, 9.17) is 4.43 Å². The largest absolute Gasteiger partial charge is 0.401 e. The predicted octanol–water partition coefficient (Wildman–Crippen LogP) is 5.20. The Labute approximate surface area is 177 Å². The quantitative estimate of drug-likeness (QED) is 0.186. The zero-order chi connectivity index (χ0) is 20.4. The summed E-state index contributed by atoms with van der Waals surface area (Å²) >= 11 is 0. The predicted molar refractivity (Wildman–Crippen MR) is 128 cm³/mol. The summed E-state index contributed by atoms with van der Waals surface area (Å²) in [5.41, 5.74) is 0. The topological polar surface area (TPSA) is 9.23 Å². The first kappa shape index (κ1) is 21.3. The fraction of sp³-hybridized carbons (Fsp3) is 0.259. The molecule has 0 amide bonds. The summed E-state index contributed by atoms with van der Waals surface area (Å²) in [6, 6.07) is 32.5. The number of rotatable bonds is 11. The van der Waals surface area contributed by atoms with Gasteiger partial charge in [0.1, 0.15) is 0 Å². The first-order valence-electron chi connectivity index (χ1n) is 10.8. The second kappa shape index (κ2) is 10.9. The Kier molecular flexibility index (Phi) is 8.03. The molecule has 0 saturated carbocycles. The smallest absolute Gasteiger partial charge is 0.288 e. The maximum atomic E-state index is 7.25. The zero-order valence-corrected chi connectivity index (χ0v) is 18.5. The maximum Gasteiger partial charge on any atom is 0.288 e. The van der Waals surface area contributed by atoms with Crippen LogP contribution in [0.1, 0.15) is 39.0 Å². The molecule has 1 atom stereocenters. The van der Waals surface area contributed by atoms with E-state index in [1.165, 1.54) is 34.8 Å². The maximum absolute atomic E-state index is 7.25. The number of benzene rings is 3. The van der Waals surface area contributed by atoms with Gasteiger partial charge < -0.3 is 4.43 Å². The molecule has 3 aromatic rings. The molecule has 0 saturated heterocycles. The third kappa shape index (κ3) is 5.14. The van der Waals surface area contributed by atoms with Gasteiger partial charge in [-0.25, -0.2) is 0 Å². The molecule has 0 radical (unpaired) electrons. The van der Waals surface area contributed by atoms with Gasteiger partial charge in [-0.2, -0.15) is 0 Å². The molecule has 1 unspecified atom stereocenters. The summed E-state index contributed by atoms with van der Waals surface area (Å²) in [6.07, 6.45) is 7.79. The van der Waals surface area contributed by atoms with Crippen LogP contribution in [0.25, 0.3) is 0 Å². The molecule has 3 aromatic carbocycles. The molecule has 0 aromatic heterocycles. The Balaban J connectivity index is 2.14. The minimum atomic E-state index is -2.63. The van der Waals surface area contributed by atoms with Gasteiger partial charge in [-0.1, -0.05) is 123 Å². The van der Waals surface area contributed by atoms with Crippen molar-refractivity contribution in [2.75, 3.05) is 0 Å². The van der Waals surface area contributed by atoms with Gasteiger partial charge in [-0.15, -0.1) is 6.58 Å². The molecule has 0 aliphatic carbocycles. The summed E-state index contributed by atoms with van der Waals surface area (Å²) in [4.78, 5) is 0. The van der Waals surface area contributed by atoms with Gasteiger partial charge >= 0.3 is 0 Å². The van der Waals surface area contributed by atoms with Crippen molar-refractivity contribution in [1.29, 1.82) is 0 Å². The van der Waals surface area contributed by atoms with Crippen LogP contribution in [0.4, 0.5) is 0 Å². The monoisotopic (exact) mass is 400 g/mol. The number of hydrogen-bond acceptors (Lipinski definition) is 1. The minimum Gasteiger partial charge on any atom is -0.401 e. The molecule has 0 bridgehead atoms. The van der Waals surface area contributed by atoms with Gasteiger partial charge in [0.25, 0.3) is 8.32 Å². The Morgan fingerprint density at radius 1 is 0.759 bits per heavy atom. The van der Waals surface area contributed by atoms with Crippen LogP contribution >= 0.6 is 0 Å². The first-order valence-corrected chi connectivity index (χ1v) is 12.7. The van der Waals surface area contributed by atoms with Gasteiger partial charge in [-0.3, -0.25) is 0 Å². The van der Waals surface area contributed by atoms with Gasteiger partial charge in [0.2, 0.25) is 0 Å².